The molecule has 6 nitrogen and oxygen atoms in total. The Morgan fingerprint density at radius 3 is 2.33 bits per heavy atom. The SMILES string of the molecule is COc1cc(/C=N/NC(F)(F)C(F)(F)C(F)(F)F)cc(I)c1OCC(=O)O. The minimum Gasteiger partial charge on any atom is -0.493 e. The molecule has 0 aliphatic heterocycles. The Bertz CT molecular complexity index is 725. The predicted molar refractivity (Wildman–Crippen MR) is 85.5 cm³/mol. The number of carbonyl (C=O) groups is 1. The molecule has 2 N–H and O–H groups in total. The largest absolute Gasteiger partial charge is 0.493 e. The van der Waals surface area contributed by atoms with Crippen molar-refractivity contribution in [2.75, 3.05) is 13.7 Å². The first-order valence-electron chi connectivity index (χ1n) is 6.57. The Kier molecular flexibility index (Phi) is 7.12. The van der Waals surface area contributed by atoms with Crippen molar-refractivity contribution in [1.29, 1.82) is 0 Å². The minimum absolute atomic E-state index is 0.000422. The number of nitrogens with one attached hydrogen (secondary N) is 1. The Hall–Kier alpha value is -2.00. The summed E-state index contributed by atoms with van der Waals surface area (Å²) in [7, 11) is 1.18. The molecule has 0 heterocycles. The summed E-state index contributed by atoms with van der Waals surface area (Å²) in [6, 6.07) is -3.36. The van der Waals surface area contributed by atoms with Crippen molar-refractivity contribution in [2.24, 2.45) is 5.10 Å². The smallest absolute Gasteiger partial charge is 0.462 e. The molecule has 0 spiro atoms. The summed E-state index contributed by atoms with van der Waals surface area (Å²) in [6.45, 7) is -0.708. The first-order valence-corrected chi connectivity index (χ1v) is 7.65. The number of carboxylic acids is 1. The van der Waals surface area contributed by atoms with E-state index in [0.29, 0.717) is 11.6 Å². The highest BCUT2D eigenvalue weighted by Gasteiger charge is 2.73. The van der Waals surface area contributed by atoms with Crippen LogP contribution in [0.15, 0.2) is 17.2 Å². The van der Waals surface area contributed by atoms with Crippen LogP contribution in [0, 0.1) is 3.57 Å². The van der Waals surface area contributed by atoms with Crippen molar-refractivity contribution in [2.45, 2.75) is 18.1 Å². The van der Waals surface area contributed by atoms with Gasteiger partial charge in [-0.05, 0) is 40.3 Å². The van der Waals surface area contributed by atoms with Crippen molar-refractivity contribution in [3.63, 3.8) is 0 Å². The number of hydrazone groups is 1. The van der Waals surface area contributed by atoms with Gasteiger partial charge in [-0.2, -0.15) is 35.8 Å². The summed E-state index contributed by atoms with van der Waals surface area (Å²) in [5.41, 5.74) is 0.450. The maximum absolute atomic E-state index is 13.1. The van der Waals surface area contributed by atoms with Crippen LogP contribution in [0.5, 0.6) is 11.5 Å². The number of halogens is 8. The molecule has 1 aromatic rings. The average molecular weight is 518 g/mol. The van der Waals surface area contributed by atoms with Crippen LogP contribution in [0.4, 0.5) is 30.7 Å². The minimum atomic E-state index is -6.49. The van der Waals surface area contributed by atoms with Gasteiger partial charge in [-0.3, -0.25) is 0 Å². The van der Waals surface area contributed by atoms with Gasteiger partial charge in [0.1, 0.15) is 0 Å². The van der Waals surface area contributed by atoms with Gasteiger partial charge in [0.05, 0.1) is 16.9 Å². The highest BCUT2D eigenvalue weighted by atomic mass is 127. The van der Waals surface area contributed by atoms with Crippen LogP contribution in [-0.2, 0) is 4.79 Å². The number of hydrogen-bond acceptors (Lipinski definition) is 5. The number of ether oxygens (including phenoxy) is 2. The molecular weight excluding hydrogens is 508 g/mol. The molecule has 0 bridgehead atoms. The topological polar surface area (TPSA) is 80.1 Å². The van der Waals surface area contributed by atoms with Gasteiger partial charge in [0.15, 0.2) is 18.1 Å². The summed E-state index contributed by atoms with van der Waals surface area (Å²) in [5, 5.41) is 11.3. The van der Waals surface area contributed by atoms with Crippen molar-refractivity contribution in [3.8, 4) is 11.5 Å². The Morgan fingerprint density at radius 2 is 1.85 bits per heavy atom. The van der Waals surface area contributed by atoms with E-state index in [1.807, 2.05) is 0 Å². The molecule has 0 amide bonds. The van der Waals surface area contributed by atoms with E-state index in [2.05, 4.69) is 5.10 Å². The molecular formula is C13H10F7IN2O4. The Balaban J connectivity index is 3.02. The maximum Gasteiger partial charge on any atom is 0.462 e. The van der Waals surface area contributed by atoms with Gasteiger partial charge in [-0.15, -0.1) is 0 Å². The van der Waals surface area contributed by atoms with Gasteiger partial charge >= 0.3 is 24.1 Å². The zero-order chi connectivity index (χ0) is 21.0. The number of carboxylic acid groups (broad SMARTS) is 1. The van der Waals surface area contributed by atoms with Crippen LogP contribution in [0.1, 0.15) is 5.56 Å². The normalized spacial score (nSPS) is 12.9. The summed E-state index contributed by atoms with van der Waals surface area (Å²) in [6.07, 6.45) is -5.94. The van der Waals surface area contributed by atoms with Crippen molar-refractivity contribution < 1.29 is 50.1 Å². The summed E-state index contributed by atoms with van der Waals surface area (Å²) in [5.74, 6) is -7.68. The number of benzene rings is 1. The van der Waals surface area contributed by atoms with E-state index in [1.165, 1.54) is 13.2 Å². The number of aliphatic carboxylic acids is 1. The zero-order valence-electron chi connectivity index (χ0n) is 13.1. The molecule has 0 saturated heterocycles. The van der Waals surface area contributed by atoms with Crippen LogP contribution in [0.25, 0.3) is 0 Å². The molecule has 0 saturated carbocycles. The predicted octanol–water partition coefficient (Wildman–Crippen LogP) is 3.48. The Morgan fingerprint density at radius 1 is 1.26 bits per heavy atom. The van der Waals surface area contributed by atoms with E-state index >= 15 is 0 Å². The van der Waals surface area contributed by atoms with Crippen molar-refractivity contribution in [1.82, 2.24) is 5.43 Å². The molecule has 1 aromatic carbocycles. The fourth-order valence-electron chi connectivity index (χ4n) is 1.52. The summed E-state index contributed by atoms with van der Waals surface area (Å²) >= 11 is 1.68. The van der Waals surface area contributed by atoms with Crippen LogP contribution in [0.2, 0.25) is 0 Å². The molecule has 0 aromatic heterocycles. The highest BCUT2D eigenvalue weighted by molar-refractivity contribution is 14.1. The second-order valence-electron chi connectivity index (χ2n) is 4.73. The molecule has 27 heavy (non-hydrogen) atoms. The van der Waals surface area contributed by atoms with Crippen LogP contribution in [0.3, 0.4) is 0 Å². The number of hydrogen-bond donors (Lipinski definition) is 2. The average Bonchev–Trinajstić information content (AvgIpc) is 2.51. The zero-order valence-corrected chi connectivity index (χ0v) is 15.2. The number of nitrogens with zero attached hydrogens (tertiary/aromatic N) is 1. The third-order valence-corrected chi connectivity index (χ3v) is 3.56. The Labute approximate surface area is 160 Å². The van der Waals surface area contributed by atoms with Crippen molar-refractivity contribution >= 4 is 34.8 Å². The van der Waals surface area contributed by atoms with E-state index in [9.17, 15) is 35.5 Å². The number of rotatable bonds is 8. The molecule has 1 rings (SSSR count). The monoisotopic (exact) mass is 518 g/mol. The standard InChI is InChI=1S/C13H10F7IN2O4/c1-26-8-3-6(2-7(21)10(8)27-5-9(24)25)4-22-23-13(19,20)11(14,15)12(16,17)18/h2-4,23H,5H2,1H3,(H,24,25)/b22-4+. The van der Waals surface area contributed by atoms with Crippen LogP contribution < -0.4 is 14.9 Å². The molecule has 0 fully saturated rings. The van der Waals surface area contributed by atoms with E-state index in [1.54, 1.807) is 22.6 Å². The van der Waals surface area contributed by atoms with E-state index in [0.717, 1.165) is 6.07 Å². The lowest BCUT2D eigenvalue weighted by atomic mass is 10.2. The molecule has 152 valence electrons. The van der Waals surface area contributed by atoms with Gasteiger partial charge in [-0.1, -0.05) is 0 Å². The molecule has 0 aliphatic rings. The maximum atomic E-state index is 13.1. The molecule has 14 heteroatoms. The van der Waals surface area contributed by atoms with Gasteiger partial charge in [0, 0.05) is 0 Å². The molecule has 0 atom stereocenters. The summed E-state index contributed by atoms with van der Waals surface area (Å²) < 4.78 is 97.8. The van der Waals surface area contributed by atoms with E-state index in [4.69, 9.17) is 14.6 Å². The lowest BCUT2D eigenvalue weighted by molar-refractivity contribution is -0.361. The second kappa shape index (κ2) is 8.35. The fraction of sp³-hybridized carbons (Fsp3) is 0.385. The molecule has 0 unspecified atom stereocenters. The van der Waals surface area contributed by atoms with Gasteiger partial charge < -0.3 is 14.6 Å². The fourth-order valence-corrected chi connectivity index (χ4v) is 2.31. The lowest BCUT2D eigenvalue weighted by Crippen LogP contribution is -2.58. The third kappa shape index (κ3) is 5.49. The van der Waals surface area contributed by atoms with Gasteiger partial charge in [0.2, 0.25) is 0 Å². The van der Waals surface area contributed by atoms with E-state index in [-0.39, 0.29) is 20.6 Å². The van der Waals surface area contributed by atoms with Crippen molar-refractivity contribution in [3.05, 3.63) is 21.3 Å². The van der Waals surface area contributed by atoms with Gasteiger partial charge in [0.25, 0.3) is 0 Å². The molecule has 0 aliphatic carbocycles. The number of alkyl halides is 7. The highest BCUT2D eigenvalue weighted by Crippen LogP contribution is 2.45. The van der Waals surface area contributed by atoms with E-state index < -0.39 is 30.7 Å². The first-order chi connectivity index (χ1) is 12.2. The quantitative estimate of drug-likeness (QED) is 0.181. The molecule has 0 radical (unpaired) electrons. The number of methoxy groups -OCH3 is 1. The van der Waals surface area contributed by atoms with Crippen LogP contribution >= 0.6 is 22.6 Å². The van der Waals surface area contributed by atoms with Gasteiger partial charge in [-0.25, -0.2) is 10.2 Å². The first kappa shape index (κ1) is 23.0. The second-order valence-corrected chi connectivity index (χ2v) is 5.90. The summed E-state index contributed by atoms with van der Waals surface area (Å²) in [4.78, 5) is 10.5. The van der Waals surface area contributed by atoms with Crippen LogP contribution in [-0.4, -0.2) is 49.2 Å². The lowest BCUT2D eigenvalue weighted by Gasteiger charge is -2.27. The third-order valence-electron chi connectivity index (χ3n) is 2.76.